The topological polar surface area (TPSA) is 47.4 Å². The number of aryl methyl sites for hydroxylation is 2. The van der Waals surface area contributed by atoms with E-state index in [0.29, 0.717) is 12.5 Å². The van der Waals surface area contributed by atoms with E-state index in [1.807, 2.05) is 31.3 Å². The summed E-state index contributed by atoms with van der Waals surface area (Å²) in [5.74, 6) is 2.95. The van der Waals surface area contributed by atoms with Crippen LogP contribution in [0.3, 0.4) is 0 Å². The van der Waals surface area contributed by atoms with Crippen molar-refractivity contribution < 1.29 is 9.53 Å². The minimum Gasteiger partial charge on any atom is -0.492 e. The fraction of sp³-hybridized carbons (Fsp3) is 0.524. The minimum absolute atomic E-state index is 0.0324. The molecule has 3 heterocycles. The first-order chi connectivity index (χ1) is 12.7. The summed E-state index contributed by atoms with van der Waals surface area (Å²) >= 11 is 0. The number of hydrogen-bond acceptors (Lipinski definition) is 3. The van der Waals surface area contributed by atoms with Crippen LogP contribution in [0.15, 0.2) is 36.7 Å². The molecule has 0 saturated carbocycles. The van der Waals surface area contributed by atoms with Gasteiger partial charge in [0, 0.05) is 32.0 Å². The number of nitrogens with zero attached hydrogens (tertiary/aromatic N) is 3. The Morgan fingerprint density at radius 2 is 2.08 bits per heavy atom. The first-order valence-electron chi connectivity index (χ1n) is 9.68. The Hall–Kier alpha value is -2.30. The van der Waals surface area contributed by atoms with Crippen molar-refractivity contribution in [1.29, 1.82) is 0 Å². The molecule has 5 heteroatoms. The van der Waals surface area contributed by atoms with Crippen molar-refractivity contribution in [2.24, 2.45) is 11.8 Å². The molecule has 1 aromatic carbocycles. The van der Waals surface area contributed by atoms with Crippen molar-refractivity contribution in [2.75, 3.05) is 19.7 Å². The number of amides is 1. The zero-order chi connectivity index (χ0) is 17.9. The number of imidazole rings is 1. The molecule has 26 heavy (non-hydrogen) atoms. The molecule has 1 atom stereocenters. The van der Waals surface area contributed by atoms with Gasteiger partial charge in [-0.2, -0.15) is 0 Å². The van der Waals surface area contributed by atoms with Crippen LogP contribution in [-0.2, 0) is 17.8 Å². The van der Waals surface area contributed by atoms with Gasteiger partial charge in [-0.15, -0.1) is 0 Å². The van der Waals surface area contributed by atoms with Crippen LogP contribution in [0.4, 0.5) is 0 Å². The summed E-state index contributed by atoms with van der Waals surface area (Å²) in [6.07, 6.45) is 8.08. The molecule has 0 radical (unpaired) electrons. The van der Waals surface area contributed by atoms with Crippen LogP contribution in [0.25, 0.3) is 0 Å². The highest BCUT2D eigenvalue weighted by Crippen LogP contribution is 2.29. The molecule has 2 aromatic rings. The summed E-state index contributed by atoms with van der Waals surface area (Å²) in [5, 5.41) is 0. The zero-order valence-electron chi connectivity index (χ0n) is 15.4. The average molecular weight is 353 g/mol. The number of carbonyl (C=O) groups is 1. The highest BCUT2D eigenvalue weighted by atomic mass is 16.5. The monoisotopic (exact) mass is 353 g/mol. The van der Waals surface area contributed by atoms with Crippen LogP contribution in [-0.4, -0.2) is 40.1 Å². The second-order valence-corrected chi connectivity index (χ2v) is 7.54. The summed E-state index contributed by atoms with van der Waals surface area (Å²) < 4.78 is 8.02. The SMILES string of the molecule is Cc1nccn1CCC1CCN(C(=O)[C@H]2COc3ccccc3C2)CC1. The number of aromatic nitrogens is 2. The number of rotatable bonds is 4. The first kappa shape index (κ1) is 17.1. The Balaban J connectivity index is 1.27. The van der Waals surface area contributed by atoms with E-state index in [1.165, 1.54) is 6.42 Å². The Bertz CT molecular complexity index is 762. The Kier molecular flexibility index (Phi) is 4.96. The van der Waals surface area contributed by atoms with Crippen LogP contribution in [0.5, 0.6) is 5.75 Å². The second-order valence-electron chi connectivity index (χ2n) is 7.54. The van der Waals surface area contributed by atoms with E-state index in [9.17, 15) is 4.79 Å². The van der Waals surface area contributed by atoms with E-state index in [0.717, 1.165) is 56.0 Å². The zero-order valence-corrected chi connectivity index (χ0v) is 15.4. The van der Waals surface area contributed by atoms with Crippen molar-refractivity contribution in [1.82, 2.24) is 14.5 Å². The number of hydrogen-bond donors (Lipinski definition) is 0. The Labute approximate surface area is 155 Å². The number of benzene rings is 1. The third-order valence-electron chi connectivity index (χ3n) is 5.86. The molecule has 2 aliphatic rings. The number of likely N-dealkylation sites (tertiary alicyclic amines) is 1. The average Bonchev–Trinajstić information content (AvgIpc) is 3.10. The second kappa shape index (κ2) is 7.52. The molecule has 5 nitrogen and oxygen atoms in total. The van der Waals surface area contributed by atoms with Crippen LogP contribution < -0.4 is 4.74 Å². The number of carbonyl (C=O) groups excluding carboxylic acids is 1. The number of ether oxygens (including phenoxy) is 1. The maximum Gasteiger partial charge on any atom is 0.229 e. The van der Waals surface area contributed by atoms with E-state index in [2.05, 4.69) is 26.7 Å². The van der Waals surface area contributed by atoms with Gasteiger partial charge in [0.1, 0.15) is 18.2 Å². The quantitative estimate of drug-likeness (QED) is 0.849. The maximum absolute atomic E-state index is 12.9. The lowest BCUT2D eigenvalue weighted by molar-refractivity contribution is -0.138. The molecule has 4 rings (SSSR count). The molecule has 0 unspecified atom stereocenters. The van der Waals surface area contributed by atoms with Gasteiger partial charge in [-0.05, 0) is 50.2 Å². The van der Waals surface area contributed by atoms with Gasteiger partial charge in [0.25, 0.3) is 0 Å². The van der Waals surface area contributed by atoms with E-state index < -0.39 is 0 Å². The molecule has 0 N–H and O–H groups in total. The molecule has 0 bridgehead atoms. The molecule has 2 aliphatic heterocycles. The molecule has 0 spiro atoms. The summed E-state index contributed by atoms with van der Waals surface area (Å²) in [6, 6.07) is 8.06. The highest BCUT2D eigenvalue weighted by molar-refractivity contribution is 5.80. The summed E-state index contributed by atoms with van der Waals surface area (Å²) in [5.41, 5.74) is 1.16. The van der Waals surface area contributed by atoms with Crippen LogP contribution >= 0.6 is 0 Å². The maximum atomic E-state index is 12.9. The molecule has 1 aromatic heterocycles. The molecule has 1 saturated heterocycles. The predicted octanol–water partition coefficient (Wildman–Crippen LogP) is 3.07. The van der Waals surface area contributed by atoms with Gasteiger partial charge in [-0.1, -0.05) is 18.2 Å². The van der Waals surface area contributed by atoms with Crippen LogP contribution in [0, 0.1) is 18.8 Å². The minimum atomic E-state index is -0.0324. The van der Waals surface area contributed by atoms with E-state index >= 15 is 0 Å². The van der Waals surface area contributed by atoms with Crippen molar-refractivity contribution in [3.8, 4) is 5.75 Å². The van der Waals surface area contributed by atoms with Gasteiger partial charge in [-0.3, -0.25) is 4.79 Å². The number of fused-ring (bicyclic) bond motifs is 1. The standard InChI is InChI=1S/C21H27N3O2/c1-16-22-9-13-23(16)10-6-17-7-11-24(12-8-17)21(25)19-14-18-4-2-3-5-20(18)26-15-19/h2-5,9,13,17,19H,6-8,10-12,14-15H2,1H3/t19-/m1/s1. The fourth-order valence-corrected chi connectivity index (χ4v) is 4.15. The molecule has 1 amide bonds. The van der Waals surface area contributed by atoms with E-state index in [1.54, 1.807) is 0 Å². The van der Waals surface area contributed by atoms with Gasteiger partial charge in [0.2, 0.25) is 5.91 Å². The van der Waals surface area contributed by atoms with Gasteiger partial charge in [-0.25, -0.2) is 4.98 Å². The van der Waals surface area contributed by atoms with Crippen molar-refractivity contribution in [3.05, 3.63) is 48.0 Å². The molecular weight excluding hydrogens is 326 g/mol. The lowest BCUT2D eigenvalue weighted by Crippen LogP contribution is -2.44. The van der Waals surface area contributed by atoms with Gasteiger partial charge < -0.3 is 14.2 Å². The smallest absolute Gasteiger partial charge is 0.229 e. The number of piperidine rings is 1. The van der Waals surface area contributed by atoms with E-state index in [-0.39, 0.29) is 11.8 Å². The van der Waals surface area contributed by atoms with Gasteiger partial charge >= 0.3 is 0 Å². The summed E-state index contributed by atoms with van der Waals surface area (Å²) in [7, 11) is 0. The molecule has 138 valence electrons. The van der Waals surface area contributed by atoms with Crippen molar-refractivity contribution in [3.63, 3.8) is 0 Å². The normalized spacial score (nSPS) is 20.5. The Morgan fingerprint density at radius 3 is 2.85 bits per heavy atom. The third-order valence-corrected chi connectivity index (χ3v) is 5.86. The first-order valence-corrected chi connectivity index (χ1v) is 9.68. The molecule has 1 fully saturated rings. The largest absolute Gasteiger partial charge is 0.492 e. The number of para-hydroxylation sites is 1. The predicted molar refractivity (Wildman–Crippen MR) is 100 cm³/mol. The fourth-order valence-electron chi connectivity index (χ4n) is 4.15. The summed E-state index contributed by atoms with van der Waals surface area (Å²) in [6.45, 7) is 5.34. The van der Waals surface area contributed by atoms with Gasteiger partial charge in [0.15, 0.2) is 0 Å². The highest BCUT2D eigenvalue weighted by Gasteiger charge is 2.31. The summed E-state index contributed by atoms with van der Waals surface area (Å²) in [4.78, 5) is 19.2. The van der Waals surface area contributed by atoms with Crippen LogP contribution in [0.1, 0.15) is 30.7 Å². The van der Waals surface area contributed by atoms with Crippen molar-refractivity contribution in [2.45, 2.75) is 39.2 Å². The van der Waals surface area contributed by atoms with E-state index in [4.69, 9.17) is 4.74 Å². The molecule has 0 aliphatic carbocycles. The lowest BCUT2D eigenvalue weighted by Gasteiger charge is -2.35. The third kappa shape index (κ3) is 3.62. The van der Waals surface area contributed by atoms with Crippen molar-refractivity contribution >= 4 is 5.91 Å². The Morgan fingerprint density at radius 1 is 1.27 bits per heavy atom. The van der Waals surface area contributed by atoms with Gasteiger partial charge in [0.05, 0.1) is 5.92 Å². The van der Waals surface area contributed by atoms with Crippen LogP contribution in [0.2, 0.25) is 0 Å². The lowest BCUT2D eigenvalue weighted by atomic mass is 9.91. The molecular formula is C21H27N3O2.